The first-order valence-corrected chi connectivity index (χ1v) is 7.24. The first-order chi connectivity index (χ1) is 9.93. The molecule has 0 bridgehead atoms. The maximum atomic E-state index is 12.3. The third-order valence-corrected chi connectivity index (χ3v) is 4.12. The molecule has 1 aliphatic carbocycles. The van der Waals surface area contributed by atoms with Gasteiger partial charge in [-0.2, -0.15) is 0 Å². The van der Waals surface area contributed by atoms with Crippen molar-refractivity contribution in [1.29, 1.82) is 0 Å². The summed E-state index contributed by atoms with van der Waals surface area (Å²) in [5.74, 6) is -0.421. The number of benzene rings is 1. The van der Waals surface area contributed by atoms with Crippen molar-refractivity contribution < 1.29 is 9.72 Å². The first kappa shape index (κ1) is 18.4. The summed E-state index contributed by atoms with van der Waals surface area (Å²) in [6.45, 7) is 2.05. The van der Waals surface area contributed by atoms with Crippen LogP contribution < -0.4 is 11.1 Å². The van der Waals surface area contributed by atoms with Gasteiger partial charge in [0.05, 0.1) is 4.92 Å². The maximum Gasteiger partial charge on any atom is 0.282 e. The van der Waals surface area contributed by atoms with Crippen molar-refractivity contribution in [2.45, 2.75) is 44.6 Å². The fourth-order valence-electron chi connectivity index (χ4n) is 2.88. The van der Waals surface area contributed by atoms with Crippen LogP contribution in [0.5, 0.6) is 0 Å². The van der Waals surface area contributed by atoms with Crippen LogP contribution in [0.4, 0.5) is 5.69 Å². The van der Waals surface area contributed by atoms with Gasteiger partial charge in [-0.25, -0.2) is 0 Å². The molecular formula is C15H22ClN3O3. The van der Waals surface area contributed by atoms with E-state index in [1.54, 1.807) is 19.1 Å². The Hall–Kier alpha value is -1.66. The van der Waals surface area contributed by atoms with Gasteiger partial charge in [0.1, 0.15) is 5.56 Å². The number of rotatable bonds is 4. The summed E-state index contributed by atoms with van der Waals surface area (Å²) in [5.41, 5.74) is 6.45. The van der Waals surface area contributed by atoms with Crippen molar-refractivity contribution in [2.75, 3.05) is 6.54 Å². The molecule has 0 aromatic heterocycles. The molecule has 6 nitrogen and oxygen atoms in total. The highest BCUT2D eigenvalue weighted by Gasteiger charge is 2.29. The van der Waals surface area contributed by atoms with Crippen LogP contribution in [0.1, 0.15) is 48.0 Å². The molecule has 0 heterocycles. The summed E-state index contributed by atoms with van der Waals surface area (Å²) in [6.07, 6.45) is 5.07. The Bertz CT molecular complexity index is 557. The van der Waals surface area contributed by atoms with Crippen LogP contribution in [0.3, 0.4) is 0 Å². The smallest absolute Gasteiger partial charge is 0.282 e. The standard InChI is InChI=1S/C15H21N3O3.ClH/c1-11-6-5-7-12(18(20)21)13(11)14(19)17-10-15(16)8-3-2-4-9-15;/h5-7H,2-4,8-10,16H2,1H3,(H,17,19);1H. The SMILES string of the molecule is Cc1cccc([N+](=O)[O-])c1C(=O)NCC1(N)CCCCC1.Cl. The number of nitro groups is 1. The molecule has 2 rings (SSSR count). The summed E-state index contributed by atoms with van der Waals surface area (Å²) in [7, 11) is 0. The molecule has 122 valence electrons. The highest BCUT2D eigenvalue weighted by molar-refractivity contribution is 5.99. The average molecular weight is 328 g/mol. The Morgan fingerprint density at radius 2 is 2.00 bits per heavy atom. The minimum absolute atomic E-state index is 0. The van der Waals surface area contributed by atoms with Crippen molar-refractivity contribution >= 4 is 24.0 Å². The van der Waals surface area contributed by atoms with Crippen LogP contribution in [-0.4, -0.2) is 22.9 Å². The molecule has 1 aromatic rings. The number of nitrogens with zero attached hydrogens (tertiary/aromatic N) is 1. The van der Waals surface area contributed by atoms with Gasteiger partial charge in [-0.15, -0.1) is 12.4 Å². The van der Waals surface area contributed by atoms with Gasteiger partial charge in [-0.3, -0.25) is 14.9 Å². The van der Waals surface area contributed by atoms with E-state index in [0.717, 1.165) is 25.7 Å². The minimum Gasteiger partial charge on any atom is -0.350 e. The molecule has 0 radical (unpaired) electrons. The number of nitrogens with two attached hydrogens (primary N) is 1. The number of hydrogen-bond acceptors (Lipinski definition) is 4. The van der Waals surface area contributed by atoms with Gasteiger partial charge in [0.15, 0.2) is 0 Å². The first-order valence-electron chi connectivity index (χ1n) is 7.24. The zero-order chi connectivity index (χ0) is 15.5. The van der Waals surface area contributed by atoms with E-state index in [2.05, 4.69) is 5.32 Å². The Balaban J connectivity index is 0.00000242. The highest BCUT2D eigenvalue weighted by atomic mass is 35.5. The topological polar surface area (TPSA) is 98.3 Å². The summed E-state index contributed by atoms with van der Waals surface area (Å²) >= 11 is 0. The highest BCUT2D eigenvalue weighted by Crippen LogP contribution is 2.26. The number of carbonyl (C=O) groups excluding carboxylic acids is 1. The molecule has 0 spiro atoms. The molecular weight excluding hydrogens is 306 g/mol. The molecule has 3 N–H and O–H groups in total. The van der Waals surface area contributed by atoms with E-state index in [1.807, 2.05) is 0 Å². The zero-order valence-electron chi connectivity index (χ0n) is 12.6. The van der Waals surface area contributed by atoms with Gasteiger partial charge < -0.3 is 11.1 Å². The Labute approximate surface area is 136 Å². The van der Waals surface area contributed by atoms with Crippen LogP contribution in [0.15, 0.2) is 18.2 Å². The van der Waals surface area contributed by atoms with Crippen molar-refractivity contribution in [3.63, 3.8) is 0 Å². The Morgan fingerprint density at radius 1 is 1.36 bits per heavy atom. The second-order valence-corrected chi connectivity index (χ2v) is 5.83. The van der Waals surface area contributed by atoms with Gasteiger partial charge in [0, 0.05) is 18.2 Å². The van der Waals surface area contributed by atoms with Gasteiger partial charge in [0.2, 0.25) is 0 Å². The number of halogens is 1. The van der Waals surface area contributed by atoms with E-state index >= 15 is 0 Å². The average Bonchev–Trinajstić information content (AvgIpc) is 2.45. The molecule has 0 atom stereocenters. The van der Waals surface area contributed by atoms with Gasteiger partial charge in [-0.05, 0) is 25.3 Å². The van der Waals surface area contributed by atoms with Gasteiger partial charge in [-0.1, -0.05) is 31.4 Å². The second-order valence-electron chi connectivity index (χ2n) is 5.83. The van der Waals surface area contributed by atoms with Crippen molar-refractivity contribution in [3.8, 4) is 0 Å². The lowest BCUT2D eigenvalue weighted by molar-refractivity contribution is -0.385. The molecule has 1 aromatic carbocycles. The van der Waals surface area contributed by atoms with Crippen molar-refractivity contribution in [1.82, 2.24) is 5.32 Å². The van der Waals surface area contributed by atoms with Crippen molar-refractivity contribution in [3.05, 3.63) is 39.4 Å². The van der Waals surface area contributed by atoms with E-state index in [1.165, 1.54) is 12.5 Å². The number of aryl methyl sites for hydroxylation is 1. The van der Waals surface area contributed by atoms with Crippen LogP contribution in [0, 0.1) is 17.0 Å². The number of nitro benzene ring substituents is 1. The van der Waals surface area contributed by atoms with E-state index in [4.69, 9.17) is 5.73 Å². The molecule has 0 saturated heterocycles. The number of amides is 1. The number of nitrogens with one attached hydrogen (secondary N) is 1. The Kier molecular flexibility index (Phi) is 6.32. The lowest BCUT2D eigenvalue weighted by Crippen LogP contribution is -2.51. The quantitative estimate of drug-likeness (QED) is 0.656. The monoisotopic (exact) mass is 327 g/mol. The summed E-state index contributed by atoms with van der Waals surface area (Å²) in [4.78, 5) is 22.8. The predicted molar refractivity (Wildman–Crippen MR) is 87.4 cm³/mol. The fourth-order valence-corrected chi connectivity index (χ4v) is 2.88. The molecule has 0 unspecified atom stereocenters. The van der Waals surface area contributed by atoms with Crippen LogP contribution >= 0.6 is 12.4 Å². The van der Waals surface area contributed by atoms with Crippen LogP contribution in [0.25, 0.3) is 0 Å². The molecule has 7 heteroatoms. The van der Waals surface area contributed by atoms with Gasteiger partial charge >= 0.3 is 0 Å². The normalized spacial score (nSPS) is 16.5. The lowest BCUT2D eigenvalue weighted by Gasteiger charge is -2.33. The molecule has 1 aliphatic rings. The second kappa shape index (κ2) is 7.56. The Morgan fingerprint density at radius 3 is 2.59 bits per heavy atom. The largest absolute Gasteiger partial charge is 0.350 e. The van der Waals surface area contributed by atoms with E-state index < -0.39 is 10.8 Å². The van der Waals surface area contributed by atoms with E-state index in [-0.39, 0.29) is 29.2 Å². The summed E-state index contributed by atoms with van der Waals surface area (Å²) in [6, 6.07) is 4.62. The zero-order valence-corrected chi connectivity index (χ0v) is 13.4. The van der Waals surface area contributed by atoms with Crippen LogP contribution in [-0.2, 0) is 0 Å². The van der Waals surface area contributed by atoms with Crippen molar-refractivity contribution in [2.24, 2.45) is 5.73 Å². The molecule has 1 fully saturated rings. The minimum atomic E-state index is -0.527. The third kappa shape index (κ3) is 4.18. The molecule has 0 aliphatic heterocycles. The van der Waals surface area contributed by atoms with E-state index in [0.29, 0.717) is 12.1 Å². The van der Waals surface area contributed by atoms with Crippen LogP contribution in [0.2, 0.25) is 0 Å². The number of hydrogen-bond donors (Lipinski definition) is 2. The summed E-state index contributed by atoms with van der Waals surface area (Å²) < 4.78 is 0. The molecule has 1 saturated carbocycles. The van der Waals surface area contributed by atoms with Gasteiger partial charge in [0.25, 0.3) is 11.6 Å². The molecule has 1 amide bonds. The fraction of sp³-hybridized carbons (Fsp3) is 0.533. The predicted octanol–water partition coefficient (Wildman–Crippen LogP) is 2.72. The lowest BCUT2D eigenvalue weighted by atomic mass is 9.82. The maximum absolute atomic E-state index is 12.3. The number of carbonyl (C=O) groups is 1. The molecule has 22 heavy (non-hydrogen) atoms. The third-order valence-electron chi connectivity index (χ3n) is 4.12. The van der Waals surface area contributed by atoms with E-state index in [9.17, 15) is 14.9 Å². The summed E-state index contributed by atoms with van der Waals surface area (Å²) in [5, 5.41) is 13.8.